The van der Waals surface area contributed by atoms with Crippen LogP contribution < -0.4 is 14.9 Å². The maximum Gasteiger partial charge on any atom is 0.265 e. The van der Waals surface area contributed by atoms with Gasteiger partial charge in [0, 0.05) is 17.1 Å². The highest BCUT2D eigenvalue weighted by Crippen LogP contribution is 2.38. The van der Waals surface area contributed by atoms with Gasteiger partial charge in [-0.15, -0.1) is 0 Å². The van der Waals surface area contributed by atoms with Gasteiger partial charge in [-0.3, -0.25) is 13.9 Å². The molecular formula is C25H22ClF2N3O4S. The minimum atomic E-state index is -4.33. The first kappa shape index (κ1) is 25.6. The lowest BCUT2D eigenvalue weighted by Crippen LogP contribution is -2.52. The summed E-state index contributed by atoms with van der Waals surface area (Å²) < 4.78 is 56.1. The largest absolute Gasteiger partial charge is 0.352 e. The fraction of sp³-hybridized carbons (Fsp3) is 0.200. The Hall–Kier alpha value is -3.50. The molecular weight excluding hydrogens is 512 g/mol. The average Bonchev–Trinajstić information content (AvgIpc) is 2.82. The molecule has 0 saturated carbocycles. The molecule has 1 atom stereocenters. The summed E-state index contributed by atoms with van der Waals surface area (Å²) in [5.41, 5.74) is 1.28. The molecule has 0 fully saturated rings. The first-order valence-electron chi connectivity index (χ1n) is 10.9. The van der Waals surface area contributed by atoms with Crippen LogP contribution in [0.2, 0.25) is 5.02 Å². The molecule has 1 unspecified atom stereocenters. The van der Waals surface area contributed by atoms with Gasteiger partial charge in [0.05, 0.1) is 22.7 Å². The number of carbonyl (C=O) groups excluding carboxylic acids is 2. The van der Waals surface area contributed by atoms with E-state index in [0.29, 0.717) is 16.1 Å². The number of aryl methyl sites for hydroxylation is 2. The lowest BCUT2D eigenvalue weighted by atomic mass is 10.1. The van der Waals surface area contributed by atoms with Crippen LogP contribution in [0, 0.1) is 25.5 Å². The number of hydrogen-bond acceptors (Lipinski definition) is 4. The Balaban J connectivity index is 1.69. The van der Waals surface area contributed by atoms with Crippen LogP contribution in [-0.4, -0.2) is 26.3 Å². The molecule has 2 amide bonds. The second kappa shape index (κ2) is 9.87. The number of anilines is 2. The zero-order valence-corrected chi connectivity index (χ0v) is 20.9. The van der Waals surface area contributed by atoms with Crippen molar-refractivity contribution in [1.29, 1.82) is 0 Å². The van der Waals surface area contributed by atoms with E-state index in [-0.39, 0.29) is 28.4 Å². The summed E-state index contributed by atoms with van der Waals surface area (Å²) in [6.07, 6.45) is -0.554. The molecule has 1 aliphatic heterocycles. The molecule has 3 aromatic carbocycles. The molecule has 1 heterocycles. The Morgan fingerprint density at radius 1 is 1.08 bits per heavy atom. The second-order valence-corrected chi connectivity index (χ2v) is 10.6. The molecule has 0 radical (unpaired) electrons. The Bertz CT molecular complexity index is 1480. The number of nitrogens with one attached hydrogen (secondary N) is 2. The molecule has 0 spiro atoms. The predicted octanol–water partition coefficient (Wildman–Crippen LogP) is 4.46. The molecule has 2 N–H and O–H groups in total. The van der Waals surface area contributed by atoms with E-state index in [0.717, 1.165) is 22.5 Å². The average molecular weight is 534 g/mol. The van der Waals surface area contributed by atoms with Crippen molar-refractivity contribution in [3.63, 3.8) is 0 Å². The predicted molar refractivity (Wildman–Crippen MR) is 132 cm³/mol. The van der Waals surface area contributed by atoms with Gasteiger partial charge in [-0.2, -0.15) is 0 Å². The van der Waals surface area contributed by atoms with Crippen molar-refractivity contribution in [3.8, 4) is 0 Å². The topological polar surface area (TPSA) is 95.6 Å². The Morgan fingerprint density at radius 3 is 2.56 bits per heavy atom. The lowest BCUT2D eigenvalue weighted by Gasteiger charge is -2.37. The molecule has 1 aliphatic rings. The van der Waals surface area contributed by atoms with Gasteiger partial charge in [0.2, 0.25) is 11.8 Å². The maximum atomic E-state index is 13.9. The number of nitrogens with zero attached hydrogens (tertiary/aromatic N) is 1. The highest BCUT2D eigenvalue weighted by molar-refractivity contribution is 7.93. The number of halogens is 3. The standard InChI is InChI=1S/C25H22ClF2N3O4S/c1-14-10-23(15(2)9-18(14)26)36(34,35)31-21-6-4-3-5-20(21)30-25(33)22(31)12-24(32)29-13-16-11-17(27)7-8-19(16)28/h3-11,22H,12-13H2,1-2H3,(H,29,32)(H,30,33). The van der Waals surface area contributed by atoms with Crippen LogP contribution in [0.3, 0.4) is 0 Å². The summed E-state index contributed by atoms with van der Waals surface area (Å²) in [6, 6.07) is 10.7. The maximum absolute atomic E-state index is 13.9. The minimum absolute atomic E-state index is 0.0545. The summed E-state index contributed by atoms with van der Waals surface area (Å²) >= 11 is 6.15. The van der Waals surface area contributed by atoms with Crippen molar-refractivity contribution in [2.75, 3.05) is 9.62 Å². The number of para-hydroxylation sites is 2. The van der Waals surface area contributed by atoms with Crippen LogP contribution in [0.25, 0.3) is 0 Å². The SMILES string of the molecule is Cc1cc(S(=O)(=O)N2c3ccccc3NC(=O)C2CC(=O)NCc2cc(F)ccc2F)c(C)cc1Cl. The third-order valence-corrected chi connectivity index (χ3v) is 8.21. The monoisotopic (exact) mass is 533 g/mol. The number of rotatable bonds is 6. The minimum Gasteiger partial charge on any atom is -0.352 e. The fourth-order valence-corrected chi connectivity index (χ4v) is 6.14. The van der Waals surface area contributed by atoms with Gasteiger partial charge in [0.25, 0.3) is 10.0 Å². The van der Waals surface area contributed by atoms with Crippen LogP contribution in [0.5, 0.6) is 0 Å². The van der Waals surface area contributed by atoms with E-state index in [1.165, 1.54) is 18.2 Å². The van der Waals surface area contributed by atoms with Crippen molar-refractivity contribution in [3.05, 3.63) is 87.9 Å². The molecule has 11 heteroatoms. The van der Waals surface area contributed by atoms with Crippen LogP contribution in [-0.2, 0) is 26.2 Å². The molecule has 0 saturated heterocycles. The number of benzene rings is 3. The quantitative estimate of drug-likeness (QED) is 0.489. The van der Waals surface area contributed by atoms with Gasteiger partial charge >= 0.3 is 0 Å². The van der Waals surface area contributed by atoms with E-state index in [9.17, 15) is 26.8 Å². The van der Waals surface area contributed by atoms with Gasteiger partial charge in [-0.25, -0.2) is 17.2 Å². The summed E-state index contributed by atoms with van der Waals surface area (Å²) in [7, 11) is -4.33. The van der Waals surface area contributed by atoms with Crippen molar-refractivity contribution in [2.24, 2.45) is 0 Å². The molecule has 188 valence electrons. The fourth-order valence-electron chi connectivity index (χ4n) is 3.99. The summed E-state index contributed by atoms with van der Waals surface area (Å²) in [5, 5.41) is 5.46. The van der Waals surface area contributed by atoms with Crippen molar-refractivity contribution >= 4 is 44.8 Å². The van der Waals surface area contributed by atoms with Gasteiger partial charge in [-0.05, 0) is 67.4 Å². The van der Waals surface area contributed by atoms with Crippen LogP contribution >= 0.6 is 11.6 Å². The van der Waals surface area contributed by atoms with Crippen molar-refractivity contribution in [1.82, 2.24) is 5.32 Å². The van der Waals surface area contributed by atoms with E-state index in [1.54, 1.807) is 32.0 Å². The Kier molecular flexibility index (Phi) is 7.01. The molecule has 0 aliphatic carbocycles. The van der Waals surface area contributed by atoms with E-state index >= 15 is 0 Å². The zero-order valence-electron chi connectivity index (χ0n) is 19.3. The molecule has 0 bridgehead atoms. The number of hydrogen-bond donors (Lipinski definition) is 2. The molecule has 3 aromatic rings. The molecule has 4 rings (SSSR count). The van der Waals surface area contributed by atoms with Gasteiger partial charge < -0.3 is 10.6 Å². The Labute approximate surface area is 212 Å². The first-order valence-corrected chi connectivity index (χ1v) is 12.7. The number of fused-ring (bicyclic) bond motifs is 1. The van der Waals surface area contributed by atoms with Gasteiger partial charge in [-0.1, -0.05) is 23.7 Å². The summed E-state index contributed by atoms with van der Waals surface area (Å²) in [4.78, 5) is 25.7. The number of amides is 2. The second-order valence-electron chi connectivity index (χ2n) is 8.41. The van der Waals surface area contributed by atoms with E-state index in [1.807, 2.05) is 0 Å². The van der Waals surface area contributed by atoms with Crippen LogP contribution in [0.15, 0.2) is 59.5 Å². The lowest BCUT2D eigenvalue weighted by molar-refractivity contribution is -0.125. The third kappa shape index (κ3) is 4.91. The van der Waals surface area contributed by atoms with Crippen LogP contribution in [0.1, 0.15) is 23.1 Å². The van der Waals surface area contributed by atoms with E-state index < -0.39 is 45.9 Å². The first-order chi connectivity index (χ1) is 17.0. The van der Waals surface area contributed by atoms with Gasteiger partial charge in [0.15, 0.2) is 0 Å². The van der Waals surface area contributed by atoms with Crippen molar-refractivity contribution < 1.29 is 26.8 Å². The number of sulfonamides is 1. The molecule has 7 nitrogen and oxygen atoms in total. The highest BCUT2D eigenvalue weighted by Gasteiger charge is 2.42. The third-order valence-electron chi connectivity index (χ3n) is 5.84. The highest BCUT2D eigenvalue weighted by atomic mass is 35.5. The smallest absolute Gasteiger partial charge is 0.265 e. The Morgan fingerprint density at radius 2 is 1.81 bits per heavy atom. The molecule has 0 aromatic heterocycles. The van der Waals surface area contributed by atoms with Crippen molar-refractivity contribution in [2.45, 2.75) is 37.8 Å². The van der Waals surface area contributed by atoms with Gasteiger partial charge in [0.1, 0.15) is 17.7 Å². The zero-order chi connectivity index (χ0) is 26.2. The van der Waals surface area contributed by atoms with E-state index in [4.69, 9.17) is 11.6 Å². The summed E-state index contributed by atoms with van der Waals surface area (Å²) in [6.45, 7) is 2.91. The van der Waals surface area contributed by atoms with Crippen LogP contribution in [0.4, 0.5) is 20.2 Å². The number of carbonyl (C=O) groups is 2. The summed E-state index contributed by atoms with van der Waals surface area (Å²) in [5.74, 6) is -2.80. The normalized spacial score (nSPS) is 15.3. The van der Waals surface area contributed by atoms with E-state index in [2.05, 4.69) is 10.6 Å². The molecule has 36 heavy (non-hydrogen) atoms.